The SMILES string of the molecule is O=C(N[C@@H]1[C@@H](c2ccccc2)N(c2cnc3c(cnn3-c3ccc(F)cc3)c2)C(=O)C12CC2)C1CC1. The minimum absolute atomic E-state index is 0.0320. The largest absolute Gasteiger partial charge is 0.350 e. The topological polar surface area (TPSA) is 80.1 Å². The number of rotatable bonds is 5. The van der Waals surface area contributed by atoms with Crippen molar-refractivity contribution < 1.29 is 14.0 Å². The van der Waals surface area contributed by atoms with Gasteiger partial charge in [-0.2, -0.15) is 5.10 Å². The fraction of sp³-hybridized carbons (Fsp3) is 0.286. The molecule has 8 heteroatoms. The average molecular weight is 482 g/mol. The van der Waals surface area contributed by atoms with E-state index in [0.717, 1.165) is 36.6 Å². The van der Waals surface area contributed by atoms with Gasteiger partial charge in [0.25, 0.3) is 0 Å². The number of aromatic nitrogens is 3. The number of amides is 2. The Bertz CT molecular complexity index is 1490. The van der Waals surface area contributed by atoms with Gasteiger partial charge in [-0.15, -0.1) is 0 Å². The van der Waals surface area contributed by atoms with E-state index in [9.17, 15) is 14.0 Å². The number of hydrogen-bond donors (Lipinski definition) is 1. The van der Waals surface area contributed by atoms with Crippen molar-refractivity contribution in [2.24, 2.45) is 11.3 Å². The third-order valence-electron chi connectivity index (χ3n) is 7.75. The molecule has 36 heavy (non-hydrogen) atoms. The molecule has 4 aromatic rings. The number of pyridine rings is 1. The van der Waals surface area contributed by atoms with Gasteiger partial charge in [0.05, 0.1) is 41.3 Å². The maximum absolute atomic E-state index is 13.9. The molecular formula is C28H24FN5O2. The molecule has 2 aliphatic carbocycles. The van der Waals surface area contributed by atoms with E-state index in [2.05, 4.69) is 15.4 Å². The average Bonchev–Trinajstić information content (AvgIpc) is 3.82. The van der Waals surface area contributed by atoms with Gasteiger partial charge in [0.2, 0.25) is 11.8 Å². The lowest BCUT2D eigenvalue weighted by atomic mass is 9.91. The first-order valence-corrected chi connectivity index (χ1v) is 12.3. The summed E-state index contributed by atoms with van der Waals surface area (Å²) in [5.74, 6) is -0.167. The second kappa shape index (κ2) is 7.71. The summed E-state index contributed by atoms with van der Waals surface area (Å²) in [7, 11) is 0. The van der Waals surface area contributed by atoms with E-state index >= 15 is 0 Å². The number of nitrogens with one attached hydrogen (secondary N) is 1. The molecule has 7 nitrogen and oxygen atoms in total. The summed E-state index contributed by atoms with van der Waals surface area (Å²) in [5.41, 5.74) is 2.41. The summed E-state index contributed by atoms with van der Waals surface area (Å²) in [5, 5.41) is 8.49. The lowest BCUT2D eigenvalue weighted by Crippen LogP contribution is -2.44. The van der Waals surface area contributed by atoms with E-state index < -0.39 is 5.41 Å². The monoisotopic (exact) mass is 481 g/mol. The van der Waals surface area contributed by atoms with E-state index in [0.29, 0.717) is 17.0 Å². The predicted octanol–water partition coefficient (Wildman–Crippen LogP) is 4.32. The molecule has 3 aliphatic rings. The van der Waals surface area contributed by atoms with Crippen LogP contribution in [0.25, 0.3) is 16.7 Å². The molecule has 2 aromatic heterocycles. The van der Waals surface area contributed by atoms with Crippen LogP contribution >= 0.6 is 0 Å². The Kier molecular flexibility index (Phi) is 4.55. The predicted molar refractivity (Wildman–Crippen MR) is 132 cm³/mol. The highest BCUT2D eigenvalue weighted by molar-refractivity contribution is 6.05. The van der Waals surface area contributed by atoms with Crippen molar-refractivity contribution in [3.63, 3.8) is 0 Å². The highest BCUT2D eigenvalue weighted by atomic mass is 19.1. The molecule has 2 amide bonds. The van der Waals surface area contributed by atoms with E-state index in [1.807, 2.05) is 41.3 Å². The minimum atomic E-state index is -0.571. The van der Waals surface area contributed by atoms with Gasteiger partial charge >= 0.3 is 0 Å². The first-order valence-electron chi connectivity index (χ1n) is 12.3. The molecule has 1 saturated heterocycles. The van der Waals surface area contributed by atoms with Gasteiger partial charge in [-0.3, -0.25) is 9.59 Å². The number of nitrogens with zero attached hydrogens (tertiary/aromatic N) is 4. The Hall–Kier alpha value is -4.07. The lowest BCUT2D eigenvalue weighted by molar-refractivity contribution is -0.124. The van der Waals surface area contributed by atoms with E-state index in [-0.39, 0.29) is 35.6 Å². The molecule has 0 radical (unpaired) electrons. The van der Waals surface area contributed by atoms with Crippen molar-refractivity contribution in [1.82, 2.24) is 20.1 Å². The molecule has 2 aromatic carbocycles. The first kappa shape index (κ1) is 21.2. The van der Waals surface area contributed by atoms with Crippen molar-refractivity contribution in [3.05, 3.63) is 84.4 Å². The van der Waals surface area contributed by atoms with Gasteiger partial charge in [-0.1, -0.05) is 30.3 Å². The van der Waals surface area contributed by atoms with Crippen molar-refractivity contribution in [3.8, 4) is 5.69 Å². The number of halogens is 1. The van der Waals surface area contributed by atoms with Crippen LogP contribution in [0.1, 0.15) is 37.3 Å². The Morgan fingerprint density at radius 2 is 1.75 bits per heavy atom. The minimum Gasteiger partial charge on any atom is -0.350 e. The van der Waals surface area contributed by atoms with Crippen molar-refractivity contribution in [1.29, 1.82) is 0 Å². The molecule has 0 bridgehead atoms. The summed E-state index contributed by atoms with van der Waals surface area (Å²) in [6.45, 7) is 0. The van der Waals surface area contributed by atoms with Gasteiger partial charge in [-0.05, 0) is 61.6 Å². The van der Waals surface area contributed by atoms with Crippen molar-refractivity contribution in [2.75, 3.05) is 4.90 Å². The molecule has 1 N–H and O–H groups in total. The van der Waals surface area contributed by atoms with Crippen LogP contribution in [-0.2, 0) is 9.59 Å². The zero-order valence-electron chi connectivity index (χ0n) is 19.5. The van der Waals surface area contributed by atoms with Crippen LogP contribution in [0.3, 0.4) is 0 Å². The number of hydrogen-bond acceptors (Lipinski definition) is 4. The fourth-order valence-corrected chi connectivity index (χ4v) is 5.53. The highest BCUT2D eigenvalue weighted by Gasteiger charge is 2.67. The number of fused-ring (bicyclic) bond motifs is 1. The van der Waals surface area contributed by atoms with E-state index in [1.165, 1.54) is 12.1 Å². The number of anilines is 1. The Labute approximate surface area is 206 Å². The molecule has 2 saturated carbocycles. The van der Waals surface area contributed by atoms with Gasteiger partial charge < -0.3 is 10.2 Å². The number of carbonyl (C=O) groups is 2. The van der Waals surface area contributed by atoms with Gasteiger partial charge in [0, 0.05) is 11.3 Å². The first-order chi connectivity index (χ1) is 17.5. The Balaban J connectivity index is 1.31. The van der Waals surface area contributed by atoms with Crippen molar-refractivity contribution in [2.45, 2.75) is 37.8 Å². The summed E-state index contributed by atoms with van der Waals surface area (Å²) in [6, 6.07) is 17.3. The molecule has 1 aliphatic heterocycles. The quantitative estimate of drug-likeness (QED) is 0.460. The summed E-state index contributed by atoms with van der Waals surface area (Å²) >= 11 is 0. The normalized spacial score (nSPS) is 22.4. The summed E-state index contributed by atoms with van der Waals surface area (Å²) in [4.78, 5) is 33.3. The van der Waals surface area contributed by atoms with Crippen LogP contribution in [0.4, 0.5) is 10.1 Å². The maximum atomic E-state index is 13.9. The maximum Gasteiger partial charge on any atom is 0.236 e. The van der Waals surface area contributed by atoms with Gasteiger partial charge in [-0.25, -0.2) is 14.1 Å². The molecule has 3 fully saturated rings. The van der Waals surface area contributed by atoms with Crippen LogP contribution in [-0.4, -0.2) is 32.6 Å². The van der Waals surface area contributed by atoms with Crippen molar-refractivity contribution >= 4 is 28.5 Å². The molecule has 2 atom stereocenters. The van der Waals surface area contributed by atoms with E-state index in [1.54, 1.807) is 29.2 Å². The van der Waals surface area contributed by atoms with Gasteiger partial charge in [0.1, 0.15) is 5.82 Å². The molecular weight excluding hydrogens is 457 g/mol. The van der Waals surface area contributed by atoms with Crippen LogP contribution in [0.15, 0.2) is 73.1 Å². The van der Waals surface area contributed by atoms with E-state index in [4.69, 9.17) is 0 Å². The van der Waals surface area contributed by atoms with Crippen LogP contribution in [0.5, 0.6) is 0 Å². The molecule has 7 rings (SSSR count). The lowest BCUT2D eigenvalue weighted by Gasteiger charge is -2.29. The van der Waals surface area contributed by atoms with Crippen LogP contribution in [0, 0.1) is 17.2 Å². The summed E-state index contributed by atoms with van der Waals surface area (Å²) in [6.07, 6.45) is 6.75. The standard InChI is InChI=1S/C28H24FN5O2/c29-20-8-10-21(11-9-20)34-25-19(15-31-34)14-22(16-30-25)33-23(17-4-2-1-3-5-17)24(28(12-13-28)27(33)36)32-26(35)18-6-7-18/h1-5,8-11,14-16,18,23-24H,6-7,12-13H2,(H,32,35)/t23-,24-/m1/s1. The molecule has 1 spiro atoms. The zero-order valence-corrected chi connectivity index (χ0v) is 19.5. The smallest absolute Gasteiger partial charge is 0.236 e. The summed E-state index contributed by atoms with van der Waals surface area (Å²) < 4.78 is 15.1. The zero-order chi connectivity index (χ0) is 24.4. The van der Waals surface area contributed by atoms with Crippen LogP contribution < -0.4 is 10.2 Å². The number of carbonyl (C=O) groups excluding carboxylic acids is 2. The molecule has 3 heterocycles. The number of benzene rings is 2. The fourth-order valence-electron chi connectivity index (χ4n) is 5.53. The second-order valence-corrected chi connectivity index (χ2v) is 10.1. The molecule has 180 valence electrons. The third kappa shape index (κ3) is 3.24. The molecule has 0 unspecified atom stereocenters. The second-order valence-electron chi connectivity index (χ2n) is 10.1. The van der Waals surface area contributed by atoms with Crippen LogP contribution in [0.2, 0.25) is 0 Å². The highest BCUT2D eigenvalue weighted by Crippen LogP contribution is 2.60. The van der Waals surface area contributed by atoms with Gasteiger partial charge in [0.15, 0.2) is 5.65 Å². The third-order valence-corrected chi connectivity index (χ3v) is 7.75. The Morgan fingerprint density at radius 3 is 2.44 bits per heavy atom. The Morgan fingerprint density at radius 1 is 1.00 bits per heavy atom.